The van der Waals surface area contributed by atoms with Gasteiger partial charge >= 0.3 is 17.8 Å². The predicted octanol–water partition coefficient (Wildman–Crippen LogP) is 3.96. The summed E-state index contributed by atoms with van der Waals surface area (Å²) in [5.74, 6) is -1.30. The normalized spacial score (nSPS) is 11.2. The minimum absolute atomic E-state index is 0.00420. The molecule has 37 heavy (non-hydrogen) atoms. The van der Waals surface area contributed by atoms with E-state index in [9.17, 15) is 28.1 Å². The first kappa shape index (κ1) is 26.6. The minimum atomic E-state index is -4.53. The van der Waals surface area contributed by atoms with Crippen molar-refractivity contribution in [2.24, 2.45) is 5.10 Å². The topological polar surface area (TPSA) is 166 Å². The molecule has 0 bridgehead atoms. The lowest BCUT2D eigenvalue weighted by Crippen LogP contribution is -2.09. The van der Waals surface area contributed by atoms with Gasteiger partial charge in [-0.2, -0.15) is 33.2 Å². The van der Waals surface area contributed by atoms with Gasteiger partial charge in [0.15, 0.2) is 5.75 Å². The number of carbonyl (C=O) groups excluding carboxylic acids is 1. The molecule has 0 aliphatic carbocycles. The summed E-state index contributed by atoms with van der Waals surface area (Å²) in [5.41, 5.74) is 1.18. The fourth-order valence-corrected chi connectivity index (χ4v) is 2.95. The molecule has 0 aliphatic rings. The fraction of sp³-hybridized carbons (Fsp3) is 0.190. The van der Waals surface area contributed by atoms with Gasteiger partial charge < -0.3 is 20.1 Å². The summed E-state index contributed by atoms with van der Waals surface area (Å²) in [6, 6.07) is 7.02. The third kappa shape index (κ3) is 6.77. The highest BCUT2D eigenvalue weighted by Gasteiger charge is 2.30. The summed E-state index contributed by atoms with van der Waals surface area (Å²) in [4.78, 5) is 34.3. The van der Waals surface area contributed by atoms with Crippen molar-refractivity contribution in [3.8, 4) is 11.5 Å². The molecule has 0 saturated carbocycles. The van der Waals surface area contributed by atoms with E-state index in [1.54, 1.807) is 0 Å². The number of alkyl halides is 3. The van der Waals surface area contributed by atoms with Crippen LogP contribution in [0.4, 0.5) is 42.4 Å². The molecule has 0 aliphatic heterocycles. The molecule has 1 heterocycles. The Balaban J connectivity index is 1.87. The van der Waals surface area contributed by atoms with Gasteiger partial charge in [0.1, 0.15) is 0 Å². The zero-order chi connectivity index (χ0) is 27.2. The summed E-state index contributed by atoms with van der Waals surface area (Å²) in [6.45, 7) is 1.13. The zero-order valence-corrected chi connectivity index (χ0v) is 19.5. The second-order valence-corrected chi connectivity index (χ2v) is 7.02. The first-order valence-electron chi connectivity index (χ1n) is 10.2. The Labute approximate surface area is 206 Å². The maximum Gasteiger partial charge on any atom is 0.416 e. The summed E-state index contributed by atoms with van der Waals surface area (Å²) >= 11 is 0. The molecule has 3 N–H and O–H groups in total. The lowest BCUT2D eigenvalue weighted by Gasteiger charge is -2.11. The van der Waals surface area contributed by atoms with E-state index in [0.717, 1.165) is 25.3 Å². The van der Waals surface area contributed by atoms with Crippen LogP contribution in [0, 0.1) is 10.1 Å². The molecular formula is C21H19F3N8O5. The van der Waals surface area contributed by atoms with Gasteiger partial charge in [-0.3, -0.25) is 14.9 Å². The monoisotopic (exact) mass is 520 g/mol. The summed E-state index contributed by atoms with van der Waals surface area (Å²) < 4.78 is 49.0. The second kappa shape index (κ2) is 11.1. The average molecular weight is 520 g/mol. The molecule has 0 unspecified atom stereocenters. The highest BCUT2D eigenvalue weighted by molar-refractivity contribution is 5.89. The van der Waals surface area contributed by atoms with Crippen molar-refractivity contribution < 1.29 is 32.4 Å². The van der Waals surface area contributed by atoms with Gasteiger partial charge in [-0.15, -0.1) is 0 Å². The molecule has 16 heteroatoms. The van der Waals surface area contributed by atoms with Crippen LogP contribution in [0.3, 0.4) is 0 Å². The van der Waals surface area contributed by atoms with Gasteiger partial charge in [0.2, 0.25) is 23.6 Å². The summed E-state index contributed by atoms with van der Waals surface area (Å²) in [6.07, 6.45) is -3.45. The van der Waals surface area contributed by atoms with E-state index in [2.05, 4.69) is 36.1 Å². The Hall–Kier alpha value is -5.02. The SMILES string of the molecule is CNc1nc(N/N=C/c2ccc(OC(C)=O)c(OC)c2[N+](=O)[O-])nc(Nc2cccc(C(F)(F)F)c2)n1. The minimum Gasteiger partial charge on any atom is -0.488 e. The Morgan fingerprint density at radius 2 is 1.84 bits per heavy atom. The Kier molecular flexibility index (Phi) is 8.01. The maximum absolute atomic E-state index is 13.0. The number of methoxy groups -OCH3 is 1. The van der Waals surface area contributed by atoms with E-state index < -0.39 is 28.3 Å². The highest BCUT2D eigenvalue weighted by atomic mass is 19.4. The Morgan fingerprint density at radius 3 is 2.46 bits per heavy atom. The number of nitrogens with zero attached hydrogens (tertiary/aromatic N) is 5. The number of carbonyl (C=O) groups is 1. The van der Waals surface area contributed by atoms with Gasteiger partial charge in [-0.1, -0.05) is 6.07 Å². The number of hydrogen-bond donors (Lipinski definition) is 3. The van der Waals surface area contributed by atoms with Gasteiger partial charge in [-0.05, 0) is 30.3 Å². The first-order valence-corrected chi connectivity index (χ1v) is 10.2. The highest BCUT2D eigenvalue weighted by Crippen LogP contribution is 2.39. The van der Waals surface area contributed by atoms with Crippen molar-refractivity contribution in [1.29, 1.82) is 0 Å². The number of nitro benzene ring substituents is 1. The fourth-order valence-electron chi connectivity index (χ4n) is 2.95. The molecule has 0 saturated heterocycles. The van der Waals surface area contributed by atoms with Crippen LogP contribution in [-0.4, -0.2) is 46.2 Å². The number of ether oxygens (including phenoxy) is 2. The number of hydrogen-bond acceptors (Lipinski definition) is 12. The van der Waals surface area contributed by atoms with Crippen molar-refractivity contribution in [3.05, 3.63) is 57.6 Å². The van der Waals surface area contributed by atoms with E-state index >= 15 is 0 Å². The molecule has 13 nitrogen and oxygen atoms in total. The third-order valence-corrected chi connectivity index (χ3v) is 4.44. The van der Waals surface area contributed by atoms with E-state index in [4.69, 9.17) is 9.47 Å². The van der Waals surface area contributed by atoms with Crippen LogP contribution >= 0.6 is 0 Å². The van der Waals surface area contributed by atoms with Crippen molar-refractivity contribution in [2.45, 2.75) is 13.1 Å². The van der Waals surface area contributed by atoms with Crippen molar-refractivity contribution in [2.75, 3.05) is 30.2 Å². The molecule has 0 amide bonds. The number of nitro groups is 1. The molecule has 1 aromatic heterocycles. The number of rotatable bonds is 9. The van der Waals surface area contributed by atoms with Crippen LogP contribution in [0.5, 0.6) is 11.5 Å². The zero-order valence-electron chi connectivity index (χ0n) is 19.5. The first-order chi connectivity index (χ1) is 17.5. The standard InChI is InChI=1S/C21H19F3N8O5/c1-11(33)37-15-8-7-12(16(32(34)35)17(15)36-3)10-26-31-20-29-18(25-2)28-19(30-20)27-14-6-4-5-13(9-14)21(22,23)24/h4-10H,1-3H3,(H3,25,27,28,29,30,31)/b26-10+. The van der Waals surface area contributed by atoms with Crippen LogP contribution in [0.1, 0.15) is 18.1 Å². The molecule has 0 atom stereocenters. The van der Waals surface area contributed by atoms with Crippen LogP contribution in [0.2, 0.25) is 0 Å². The molecule has 3 aromatic rings. The van der Waals surface area contributed by atoms with Crippen LogP contribution in [-0.2, 0) is 11.0 Å². The average Bonchev–Trinajstić information content (AvgIpc) is 2.83. The molecule has 3 rings (SSSR count). The molecule has 2 aromatic carbocycles. The van der Waals surface area contributed by atoms with E-state index in [0.29, 0.717) is 0 Å². The van der Waals surface area contributed by atoms with Crippen molar-refractivity contribution >= 4 is 41.4 Å². The smallest absolute Gasteiger partial charge is 0.416 e. The van der Waals surface area contributed by atoms with E-state index in [1.165, 1.54) is 38.4 Å². The van der Waals surface area contributed by atoms with Gasteiger partial charge in [0.25, 0.3) is 0 Å². The number of esters is 1. The number of benzene rings is 2. The summed E-state index contributed by atoms with van der Waals surface area (Å²) in [5, 5.41) is 20.9. The predicted molar refractivity (Wildman–Crippen MR) is 126 cm³/mol. The molecule has 0 radical (unpaired) electrons. The molecular weight excluding hydrogens is 501 g/mol. The number of hydrazone groups is 1. The van der Waals surface area contributed by atoms with E-state index in [-0.39, 0.29) is 40.6 Å². The summed E-state index contributed by atoms with van der Waals surface area (Å²) in [7, 11) is 2.69. The number of nitrogens with one attached hydrogen (secondary N) is 3. The molecule has 0 spiro atoms. The number of aromatic nitrogens is 3. The number of halogens is 3. The molecule has 194 valence electrons. The quantitative estimate of drug-likeness (QED) is 0.123. The van der Waals surface area contributed by atoms with Crippen LogP contribution < -0.4 is 25.5 Å². The van der Waals surface area contributed by atoms with Gasteiger partial charge in [-0.25, -0.2) is 5.43 Å². The second-order valence-electron chi connectivity index (χ2n) is 7.02. The Bertz CT molecular complexity index is 1350. The van der Waals surface area contributed by atoms with Crippen molar-refractivity contribution in [3.63, 3.8) is 0 Å². The number of anilines is 4. The van der Waals surface area contributed by atoms with Crippen LogP contribution in [0.25, 0.3) is 0 Å². The lowest BCUT2D eigenvalue weighted by molar-refractivity contribution is -0.385. The maximum atomic E-state index is 13.0. The lowest BCUT2D eigenvalue weighted by atomic mass is 10.1. The van der Waals surface area contributed by atoms with Gasteiger partial charge in [0.05, 0.1) is 29.4 Å². The van der Waals surface area contributed by atoms with Crippen LogP contribution in [0.15, 0.2) is 41.5 Å². The third-order valence-electron chi connectivity index (χ3n) is 4.44. The Morgan fingerprint density at radius 1 is 1.14 bits per heavy atom. The van der Waals surface area contributed by atoms with Crippen molar-refractivity contribution in [1.82, 2.24) is 15.0 Å². The van der Waals surface area contributed by atoms with E-state index in [1.807, 2.05) is 0 Å². The molecule has 0 fully saturated rings. The largest absolute Gasteiger partial charge is 0.488 e. The van der Waals surface area contributed by atoms with Gasteiger partial charge in [0, 0.05) is 19.7 Å².